The van der Waals surface area contributed by atoms with Crippen molar-refractivity contribution in [2.45, 2.75) is 112 Å². The lowest BCUT2D eigenvalue weighted by molar-refractivity contribution is -0.111. The number of benzene rings is 2. The molecular weight excluding hydrogens is 589 g/mol. The predicted molar refractivity (Wildman–Crippen MR) is 203 cm³/mol. The molecule has 0 saturated heterocycles. The Morgan fingerprint density at radius 2 is 1.69 bits per heavy atom. The second kappa shape index (κ2) is 15.1. The number of ketones is 1. The maximum absolute atomic E-state index is 14.0. The molecule has 0 radical (unpaired) electrons. The van der Waals surface area contributed by atoms with Gasteiger partial charge in [0.1, 0.15) is 5.82 Å². The molecule has 3 heteroatoms. The van der Waals surface area contributed by atoms with Crippen LogP contribution in [0.25, 0.3) is 5.57 Å². The summed E-state index contributed by atoms with van der Waals surface area (Å²) in [6.07, 6.45) is 17.3. The first-order chi connectivity index (χ1) is 22.8. The summed E-state index contributed by atoms with van der Waals surface area (Å²) in [6.45, 7) is 25.2. The largest absolute Gasteiger partial charge is 0.325 e. The number of carbonyl (C=O) groups excluding carboxylic acids is 1. The molecule has 0 bridgehead atoms. The minimum Gasteiger partial charge on any atom is -0.325 e. The fraction of sp³-hybridized carbons (Fsp3) is 0.489. The molecule has 5 unspecified atom stereocenters. The Morgan fingerprint density at radius 1 is 1.02 bits per heavy atom. The quantitative estimate of drug-likeness (QED) is 0.316. The number of rotatable bonds is 6. The molecule has 0 amide bonds. The molecule has 0 spiro atoms. The smallest absolute Gasteiger partial charge is 0.178 e. The molecule has 6 rings (SSSR count). The summed E-state index contributed by atoms with van der Waals surface area (Å²) in [4.78, 5) is 11.9. The Bertz CT molecular complexity index is 1590. The lowest BCUT2D eigenvalue weighted by Crippen LogP contribution is -2.66. The van der Waals surface area contributed by atoms with Crippen molar-refractivity contribution in [3.05, 3.63) is 125 Å². The van der Waals surface area contributed by atoms with Crippen LogP contribution in [0.1, 0.15) is 122 Å². The van der Waals surface area contributed by atoms with Gasteiger partial charge in [0.15, 0.2) is 5.78 Å². The van der Waals surface area contributed by atoms with Crippen molar-refractivity contribution in [3.63, 3.8) is 0 Å². The summed E-state index contributed by atoms with van der Waals surface area (Å²) in [5.74, 6) is 1.75. The number of fused-ring (bicyclic) bond motifs is 5. The SMILES string of the molecule is C=CC(=C)C1CC[C@@H]2C1(C)CCC1C3(C)C=CC(=O)C=C3CCC12N.CC.CC=C(C)c1ccc(Cc2ccc(C(C)C)c(F)c2)cc1. The Labute approximate surface area is 291 Å². The van der Waals surface area contributed by atoms with E-state index >= 15 is 0 Å². The van der Waals surface area contributed by atoms with Gasteiger partial charge in [0.25, 0.3) is 0 Å². The highest BCUT2D eigenvalue weighted by Crippen LogP contribution is 2.67. The first-order valence-electron chi connectivity index (χ1n) is 18.3. The van der Waals surface area contributed by atoms with Crippen molar-refractivity contribution in [1.82, 2.24) is 0 Å². The minimum absolute atomic E-state index is 0.0459. The summed E-state index contributed by atoms with van der Waals surface area (Å²) >= 11 is 0. The summed E-state index contributed by atoms with van der Waals surface area (Å²) in [5, 5.41) is 0. The molecule has 4 aliphatic rings. The fourth-order valence-corrected chi connectivity index (χ4v) is 9.60. The van der Waals surface area contributed by atoms with Crippen LogP contribution < -0.4 is 5.73 Å². The molecule has 3 fully saturated rings. The van der Waals surface area contributed by atoms with Crippen LogP contribution in [0, 0.1) is 34.4 Å². The van der Waals surface area contributed by atoms with Crippen LogP contribution in [0.2, 0.25) is 0 Å². The Morgan fingerprint density at radius 3 is 2.29 bits per heavy atom. The van der Waals surface area contributed by atoms with Gasteiger partial charge in [-0.3, -0.25) is 4.79 Å². The van der Waals surface area contributed by atoms with Crippen LogP contribution in [0.4, 0.5) is 4.39 Å². The van der Waals surface area contributed by atoms with E-state index in [1.165, 1.54) is 47.1 Å². The first kappa shape index (κ1) is 37.5. The van der Waals surface area contributed by atoms with E-state index < -0.39 is 0 Å². The summed E-state index contributed by atoms with van der Waals surface area (Å²) in [5.41, 5.74) is 15.3. The zero-order valence-corrected chi connectivity index (χ0v) is 31.0. The van der Waals surface area contributed by atoms with Crippen molar-refractivity contribution in [2.24, 2.45) is 34.3 Å². The summed E-state index contributed by atoms with van der Waals surface area (Å²) < 4.78 is 14.0. The average Bonchev–Trinajstić information content (AvgIpc) is 3.44. The number of allylic oxidation sites excluding steroid dienone is 8. The van der Waals surface area contributed by atoms with Gasteiger partial charge in [0, 0.05) is 11.0 Å². The first-order valence-corrected chi connectivity index (χ1v) is 18.3. The van der Waals surface area contributed by atoms with Crippen LogP contribution in [-0.2, 0) is 11.2 Å². The summed E-state index contributed by atoms with van der Waals surface area (Å²) in [7, 11) is 0. The van der Waals surface area contributed by atoms with Gasteiger partial charge in [-0.15, -0.1) is 0 Å². The lowest BCUT2D eigenvalue weighted by Gasteiger charge is -2.62. The van der Waals surface area contributed by atoms with E-state index in [1.54, 1.807) is 12.1 Å². The molecular formula is C45H60FNO. The van der Waals surface area contributed by atoms with Crippen LogP contribution >= 0.6 is 0 Å². The second-order valence-corrected chi connectivity index (χ2v) is 15.2. The van der Waals surface area contributed by atoms with Gasteiger partial charge in [-0.05, 0) is 134 Å². The van der Waals surface area contributed by atoms with Gasteiger partial charge in [0.2, 0.25) is 0 Å². The third kappa shape index (κ3) is 7.04. The molecule has 2 aromatic carbocycles. The van der Waals surface area contributed by atoms with Gasteiger partial charge in [-0.25, -0.2) is 4.39 Å². The maximum atomic E-state index is 14.0. The molecule has 0 aromatic heterocycles. The van der Waals surface area contributed by atoms with E-state index in [1.807, 2.05) is 58.9 Å². The third-order valence-electron chi connectivity index (χ3n) is 12.4. The summed E-state index contributed by atoms with van der Waals surface area (Å²) in [6, 6.07) is 14.1. The van der Waals surface area contributed by atoms with Crippen LogP contribution in [-0.4, -0.2) is 11.3 Å². The predicted octanol–water partition coefficient (Wildman–Crippen LogP) is 11.7. The highest BCUT2D eigenvalue weighted by atomic mass is 19.1. The maximum Gasteiger partial charge on any atom is 0.178 e. The molecule has 2 aromatic rings. The van der Waals surface area contributed by atoms with Crippen molar-refractivity contribution in [1.29, 1.82) is 0 Å². The van der Waals surface area contributed by atoms with E-state index in [0.717, 1.165) is 36.8 Å². The number of halogens is 1. The van der Waals surface area contributed by atoms with Crippen molar-refractivity contribution in [2.75, 3.05) is 0 Å². The molecule has 4 aliphatic carbocycles. The molecule has 48 heavy (non-hydrogen) atoms. The zero-order chi connectivity index (χ0) is 35.4. The Balaban J connectivity index is 0.000000210. The number of hydrogen-bond acceptors (Lipinski definition) is 2. The van der Waals surface area contributed by atoms with Gasteiger partial charge < -0.3 is 5.73 Å². The van der Waals surface area contributed by atoms with Crippen LogP contribution in [0.3, 0.4) is 0 Å². The number of hydrogen-bond donors (Lipinski definition) is 1. The van der Waals surface area contributed by atoms with Gasteiger partial charge in [-0.1, -0.05) is 120 Å². The normalized spacial score (nSPS) is 30.5. The molecule has 0 heterocycles. The molecule has 2 nitrogen and oxygen atoms in total. The van der Waals surface area contributed by atoms with Crippen molar-refractivity contribution >= 4 is 11.4 Å². The topological polar surface area (TPSA) is 43.1 Å². The lowest BCUT2D eigenvalue weighted by atomic mass is 9.44. The molecule has 0 aliphatic heterocycles. The van der Waals surface area contributed by atoms with Gasteiger partial charge in [0.05, 0.1) is 0 Å². The minimum atomic E-state index is -0.139. The van der Waals surface area contributed by atoms with Crippen molar-refractivity contribution in [3.8, 4) is 0 Å². The van der Waals surface area contributed by atoms with Crippen LogP contribution in [0.5, 0.6) is 0 Å². The van der Waals surface area contributed by atoms with Gasteiger partial charge in [-0.2, -0.15) is 0 Å². The van der Waals surface area contributed by atoms with E-state index in [9.17, 15) is 9.18 Å². The standard InChI is InChI=1S/C23H31NO.C20H23F.C2H6/c1-5-15(2)18-6-7-19-22(18,4)12-10-20-21(3)11-9-17(25)14-16(21)8-13-23(19,20)24;1-5-15(4)18-9-6-16(7-10-18)12-17-8-11-19(14(2)3)20(21)13-17;1-2/h5,9,11,14,18-20H,1-2,6-8,10,12-13,24H2,3-4H3;5-11,13-14H,12H2,1-4H3;1-2H3/t18?,19-,20?,21?,22?,23?;;/m1../s1. The van der Waals surface area contributed by atoms with Crippen LogP contribution in [0.15, 0.2) is 97.1 Å². The van der Waals surface area contributed by atoms with E-state index in [0.29, 0.717) is 17.8 Å². The van der Waals surface area contributed by atoms with Gasteiger partial charge >= 0.3 is 0 Å². The van der Waals surface area contributed by atoms with E-state index in [-0.39, 0.29) is 33.9 Å². The average molecular weight is 650 g/mol. The fourth-order valence-electron chi connectivity index (χ4n) is 9.60. The van der Waals surface area contributed by atoms with E-state index in [4.69, 9.17) is 5.73 Å². The van der Waals surface area contributed by atoms with Crippen molar-refractivity contribution < 1.29 is 9.18 Å². The molecule has 3 saturated carbocycles. The third-order valence-corrected chi connectivity index (χ3v) is 12.4. The zero-order valence-electron chi connectivity index (χ0n) is 31.0. The highest BCUT2D eigenvalue weighted by molar-refractivity contribution is 6.01. The molecule has 2 N–H and O–H groups in total. The Hall–Kier alpha value is -3.30. The molecule has 258 valence electrons. The van der Waals surface area contributed by atoms with E-state index in [2.05, 4.69) is 70.3 Å². The monoisotopic (exact) mass is 649 g/mol. The second-order valence-electron chi connectivity index (χ2n) is 15.2. The highest BCUT2D eigenvalue weighted by Gasteiger charge is 2.64. The Kier molecular flexibility index (Phi) is 11.8. The molecule has 6 atom stereocenters. The number of nitrogens with two attached hydrogens (primary N) is 1. The number of carbonyl (C=O) groups is 1.